The molecule has 5 nitrogen and oxygen atoms in total. The topological polar surface area (TPSA) is 88.2 Å². The lowest BCUT2D eigenvalue weighted by Crippen LogP contribution is -2.22. The number of unbranched alkanes of at least 4 members (excludes halogenated alkanes) is 1. The van der Waals surface area contributed by atoms with Gasteiger partial charge in [0.25, 0.3) is 0 Å². The third-order valence-corrected chi connectivity index (χ3v) is 6.90. The zero-order valence-electron chi connectivity index (χ0n) is 17.3. The molecule has 0 saturated heterocycles. The summed E-state index contributed by atoms with van der Waals surface area (Å²) in [5, 5.41) is 13.7. The molecule has 1 unspecified atom stereocenters. The van der Waals surface area contributed by atoms with Gasteiger partial charge in [0.05, 0.1) is 0 Å². The van der Waals surface area contributed by atoms with Gasteiger partial charge in [-0.3, -0.25) is 9.62 Å². The number of nitrogen functional groups attached to an aromatic ring is 1. The molecule has 0 amide bonds. The van der Waals surface area contributed by atoms with Crippen molar-refractivity contribution in [1.82, 2.24) is 5.32 Å². The number of fused-ring (bicyclic) bond motifs is 1. The van der Waals surface area contributed by atoms with E-state index in [1.54, 1.807) is 24.3 Å². The van der Waals surface area contributed by atoms with Crippen LogP contribution in [0.2, 0.25) is 0 Å². The van der Waals surface area contributed by atoms with Crippen molar-refractivity contribution < 1.29 is 8.95 Å². The van der Waals surface area contributed by atoms with Gasteiger partial charge in [0.2, 0.25) is 0 Å². The van der Waals surface area contributed by atoms with Crippen LogP contribution >= 0.6 is 0 Å². The molecule has 0 radical (unpaired) electrons. The summed E-state index contributed by atoms with van der Waals surface area (Å²) in [4.78, 5) is 0.538. The van der Waals surface area contributed by atoms with Crippen molar-refractivity contribution >= 4 is 36.9 Å². The summed E-state index contributed by atoms with van der Waals surface area (Å²) < 4.78 is 19.5. The minimum absolute atomic E-state index is 0.0946. The van der Waals surface area contributed by atoms with Crippen molar-refractivity contribution in [2.24, 2.45) is 0 Å². The van der Waals surface area contributed by atoms with E-state index in [2.05, 4.69) is 18.1 Å². The first-order valence-electron chi connectivity index (χ1n) is 10.1. The van der Waals surface area contributed by atoms with Gasteiger partial charge in [0, 0.05) is 32.2 Å². The Morgan fingerprint density at radius 2 is 1.90 bits per heavy atom. The van der Waals surface area contributed by atoms with Crippen LogP contribution in [0.1, 0.15) is 25.3 Å². The summed E-state index contributed by atoms with van der Waals surface area (Å²) in [5.41, 5.74) is 6.89. The van der Waals surface area contributed by atoms with E-state index in [9.17, 15) is 4.21 Å². The lowest BCUT2D eigenvalue weighted by molar-refractivity contribution is 0.314. The molecule has 6 heteroatoms. The minimum Gasteiger partial charge on any atom is -0.492 e. The molecule has 0 bridgehead atoms. The normalized spacial score (nSPS) is 13.1. The molecule has 0 spiro atoms. The second-order valence-corrected chi connectivity index (χ2v) is 9.38. The lowest BCUT2D eigenvalue weighted by Gasteiger charge is -2.16. The molecule has 0 aliphatic carbocycles. The van der Waals surface area contributed by atoms with Crippen LogP contribution in [0, 0.1) is 5.41 Å². The van der Waals surface area contributed by atoms with Crippen molar-refractivity contribution in [2.75, 3.05) is 25.4 Å². The molecule has 3 aromatic carbocycles. The SMILES string of the molecule is C=S(=O)(C(=N)c1cc(OCCNCCCC)ccc1N)c1cccc2ccccc12. The number of ether oxygens (including phenoxy) is 1. The molecule has 4 N–H and O–H groups in total. The predicted octanol–water partition coefficient (Wildman–Crippen LogP) is 4.29. The lowest BCUT2D eigenvalue weighted by atomic mass is 10.1. The summed E-state index contributed by atoms with van der Waals surface area (Å²) in [6, 6.07) is 18.4. The number of benzene rings is 3. The van der Waals surface area contributed by atoms with Gasteiger partial charge in [-0.15, -0.1) is 0 Å². The van der Waals surface area contributed by atoms with Crippen LogP contribution in [0.4, 0.5) is 5.69 Å². The first kappa shape index (κ1) is 21.9. The third-order valence-electron chi connectivity index (χ3n) is 4.96. The van der Waals surface area contributed by atoms with E-state index >= 15 is 0 Å². The molecule has 3 aromatic rings. The quantitative estimate of drug-likeness (QED) is 0.157. The first-order chi connectivity index (χ1) is 14.4. The zero-order chi connectivity index (χ0) is 21.6. The molecule has 0 aliphatic heterocycles. The Morgan fingerprint density at radius 1 is 1.13 bits per heavy atom. The van der Waals surface area contributed by atoms with Gasteiger partial charge in [0.1, 0.15) is 17.4 Å². The predicted molar refractivity (Wildman–Crippen MR) is 128 cm³/mol. The molecule has 0 fully saturated rings. The Morgan fingerprint density at radius 3 is 2.70 bits per heavy atom. The van der Waals surface area contributed by atoms with E-state index in [0.29, 0.717) is 28.5 Å². The number of nitrogens with one attached hydrogen (secondary N) is 2. The molecule has 1 atom stereocenters. The maximum Gasteiger partial charge on any atom is 0.124 e. The zero-order valence-corrected chi connectivity index (χ0v) is 18.1. The highest BCUT2D eigenvalue weighted by atomic mass is 32.2. The van der Waals surface area contributed by atoms with E-state index in [4.69, 9.17) is 15.9 Å². The Hall–Kier alpha value is -2.83. The van der Waals surface area contributed by atoms with E-state index in [1.165, 1.54) is 0 Å². The molecule has 0 saturated carbocycles. The van der Waals surface area contributed by atoms with Crippen molar-refractivity contribution in [3.05, 3.63) is 66.2 Å². The fraction of sp³-hybridized carbons (Fsp3) is 0.250. The van der Waals surface area contributed by atoms with E-state index in [-0.39, 0.29) is 5.04 Å². The maximum atomic E-state index is 13.7. The van der Waals surface area contributed by atoms with Crippen LogP contribution in [0.5, 0.6) is 5.75 Å². The fourth-order valence-electron chi connectivity index (χ4n) is 3.26. The van der Waals surface area contributed by atoms with Crippen molar-refractivity contribution in [3.8, 4) is 5.75 Å². The van der Waals surface area contributed by atoms with Gasteiger partial charge in [-0.05, 0) is 53.9 Å². The van der Waals surface area contributed by atoms with E-state index in [0.717, 1.165) is 36.7 Å². The smallest absolute Gasteiger partial charge is 0.124 e. The van der Waals surface area contributed by atoms with Crippen LogP contribution < -0.4 is 15.8 Å². The number of anilines is 1. The van der Waals surface area contributed by atoms with E-state index in [1.807, 2.05) is 36.4 Å². The van der Waals surface area contributed by atoms with Crippen LogP contribution in [-0.4, -0.2) is 34.8 Å². The number of rotatable bonds is 9. The summed E-state index contributed by atoms with van der Waals surface area (Å²) in [5.74, 6) is 4.53. The van der Waals surface area contributed by atoms with Gasteiger partial charge in [0.15, 0.2) is 0 Å². The molecule has 3 rings (SSSR count). The average Bonchev–Trinajstić information content (AvgIpc) is 2.76. The molecular formula is C24H29N3O2S. The number of nitrogens with two attached hydrogens (primary N) is 1. The Labute approximate surface area is 178 Å². The second-order valence-electron chi connectivity index (χ2n) is 7.18. The van der Waals surface area contributed by atoms with Crippen LogP contribution in [0.25, 0.3) is 10.8 Å². The standard InChI is InChI=1S/C24H29N3O2S/c1-3-4-14-27-15-16-29-19-12-13-22(25)21(17-19)24(26)30(2,28)23-11-7-9-18-8-5-6-10-20(18)23/h5-13,17,26-27H,2-4,14-16,25H2,1H3. The van der Waals surface area contributed by atoms with Crippen LogP contribution in [0.15, 0.2) is 65.6 Å². The van der Waals surface area contributed by atoms with Crippen LogP contribution in [-0.2, 0) is 9.52 Å². The van der Waals surface area contributed by atoms with Gasteiger partial charge >= 0.3 is 0 Å². The van der Waals surface area contributed by atoms with E-state index < -0.39 is 9.52 Å². The third kappa shape index (κ3) is 4.83. The van der Waals surface area contributed by atoms with Crippen molar-refractivity contribution in [3.63, 3.8) is 0 Å². The molecule has 30 heavy (non-hydrogen) atoms. The summed E-state index contributed by atoms with van der Waals surface area (Å²) >= 11 is 0. The number of hydrogen-bond acceptors (Lipinski definition) is 5. The largest absolute Gasteiger partial charge is 0.492 e. The second kappa shape index (κ2) is 9.78. The average molecular weight is 424 g/mol. The summed E-state index contributed by atoms with van der Waals surface area (Å²) in [7, 11) is -3.06. The van der Waals surface area contributed by atoms with Gasteiger partial charge < -0.3 is 15.8 Å². The van der Waals surface area contributed by atoms with Gasteiger partial charge in [-0.2, -0.15) is 0 Å². The fourth-order valence-corrected chi connectivity index (χ4v) is 4.85. The Kier molecular flexibility index (Phi) is 7.13. The maximum absolute atomic E-state index is 13.7. The highest BCUT2D eigenvalue weighted by Gasteiger charge is 2.21. The summed E-state index contributed by atoms with van der Waals surface area (Å²) in [6.07, 6.45) is 2.29. The summed E-state index contributed by atoms with van der Waals surface area (Å²) in [6.45, 7) is 4.36. The van der Waals surface area contributed by atoms with Crippen LogP contribution in [0.3, 0.4) is 0 Å². The molecular weight excluding hydrogens is 394 g/mol. The Balaban J connectivity index is 1.83. The molecule has 0 aromatic heterocycles. The monoisotopic (exact) mass is 423 g/mol. The molecule has 0 aliphatic rings. The van der Waals surface area contributed by atoms with Crippen molar-refractivity contribution in [1.29, 1.82) is 5.41 Å². The highest BCUT2D eigenvalue weighted by molar-refractivity contribution is 8.14. The molecule has 0 heterocycles. The Bertz CT molecular complexity index is 1130. The first-order valence-corrected chi connectivity index (χ1v) is 11.8. The van der Waals surface area contributed by atoms with Gasteiger partial charge in [-0.25, -0.2) is 0 Å². The number of hydrogen-bond donors (Lipinski definition) is 3. The van der Waals surface area contributed by atoms with Gasteiger partial charge in [-0.1, -0.05) is 49.7 Å². The highest BCUT2D eigenvalue weighted by Crippen LogP contribution is 2.29. The van der Waals surface area contributed by atoms with Crippen molar-refractivity contribution in [2.45, 2.75) is 24.7 Å². The molecule has 158 valence electrons. The minimum atomic E-state index is -3.06.